The average Bonchev–Trinajstić information content (AvgIpc) is 2.70. The molecule has 1 rings (SSSR count). The molecule has 6 heteroatoms. The third-order valence-electron chi connectivity index (χ3n) is 4.95. The van der Waals surface area contributed by atoms with E-state index in [0.717, 1.165) is 45.0 Å². The molecule has 164 valence electrons. The van der Waals surface area contributed by atoms with Crippen LogP contribution in [0.4, 0.5) is 0 Å². The molecule has 0 saturated heterocycles. The molecule has 0 fully saturated rings. The Balaban J connectivity index is 2.06. The van der Waals surface area contributed by atoms with Gasteiger partial charge in [-0.25, -0.2) is 9.59 Å². The van der Waals surface area contributed by atoms with Gasteiger partial charge in [0.15, 0.2) is 0 Å². The Bertz CT molecular complexity index is 581. The Morgan fingerprint density at radius 3 is 1.79 bits per heavy atom. The lowest BCUT2D eigenvalue weighted by Crippen LogP contribution is -2.05. The quantitative estimate of drug-likeness (QED) is 0.324. The molecule has 0 aromatic heterocycles. The van der Waals surface area contributed by atoms with Crippen molar-refractivity contribution < 1.29 is 29.3 Å². The molecule has 0 heterocycles. The molecule has 1 atom stereocenters. The fraction of sp³-hybridized carbons (Fsp3) is 0.652. The summed E-state index contributed by atoms with van der Waals surface area (Å²) in [5, 5.41) is 18.1. The normalized spacial score (nSPS) is 11.9. The maximum absolute atomic E-state index is 11.1. The van der Waals surface area contributed by atoms with Gasteiger partial charge in [-0.05, 0) is 37.0 Å². The highest BCUT2D eigenvalue weighted by molar-refractivity contribution is 5.94. The van der Waals surface area contributed by atoms with E-state index in [4.69, 9.17) is 19.7 Å². The molecular weight excluding hydrogens is 372 g/mol. The molecule has 1 aromatic rings. The van der Waals surface area contributed by atoms with E-state index in [9.17, 15) is 9.59 Å². The van der Waals surface area contributed by atoms with Crippen molar-refractivity contribution in [3.8, 4) is 5.75 Å². The fourth-order valence-corrected chi connectivity index (χ4v) is 2.89. The summed E-state index contributed by atoms with van der Waals surface area (Å²) < 4.78 is 11.2. The lowest BCUT2D eigenvalue weighted by molar-refractivity contribution is 0.0696. The number of ether oxygens (including phenoxy) is 2. The second kappa shape index (κ2) is 14.9. The number of carboxylic acids is 2. The number of hydrogen-bond acceptors (Lipinski definition) is 4. The van der Waals surface area contributed by atoms with Crippen molar-refractivity contribution >= 4 is 11.9 Å². The van der Waals surface area contributed by atoms with Crippen molar-refractivity contribution in [3.05, 3.63) is 29.3 Å². The van der Waals surface area contributed by atoms with Gasteiger partial charge in [-0.3, -0.25) is 0 Å². The fourth-order valence-electron chi connectivity index (χ4n) is 2.89. The Kier molecular flexibility index (Phi) is 12.8. The van der Waals surface area contributed by atoms with Crippen LogP contribution in [0, 0.1) is 5.92 Å². The highest BCUT2D eigenvalue weighted by Gasteiger charge is 2.12. The topological polar surface area (TPSA) is 93.1 Å². The van der Waals surface area contributed by atoms with Crippen LogP contribution in [0.5, 0.6) is 5.75 Å². The summed E-state index contributed by atoms with van der Waals surface area (Å²) in [7, 11) is 0. The molecule has 2 N–H and O–H groups in total. The molecule has 0 spiro atoms. The van der Waals surface area contributed by atoms with Gasteiger partial charge in [0.1, 0.15) is 5.75 Å². The Hall–Kier alpha value is -2.08. The van der Waals surface area contributed by atoms with E-state index >= 15 is 0 Å². The predicted molar refractivity (Wildman–Crippen MR) is 113 cm³/mol. The van der Waals surface area contributed by atoms with Crippen LogP contribution in [0.1, 0.15) is 92.4 Å². The first-order valence-corrected chi connectivity index (χ1v) is 10.8. The minimum atomic E-state index is -1.17. The van der Waals surface area contributed by atoms with Crippen molar-refractivity contribution in [1.82, 2.24) is 0 Å². The van der Waals surface area contributed by atoms with Crippen LogP contribution >= 0.6 is 0 Å². The van der Waals surface area contributed by atoms with Crippen LogP contribution in [-0.2, 0) is 4.74 Å². The Labute approximate surface area is 174 Å². The molecular formula is C23H36O6. The standard InChI is InChI=1S/C23H36O6/c1-3-18(2)17-28-12-10-8-6-4-5-7-9-11-13-29-21-15-19(22(24)25)14-20(16-21)23(26)27/h14-16,18H,3-13,17H2,1-2H3,(H,24,25)(H,26,27)/t18-/m0/s1. The Morgan fingerprint density at radius 1 is 0.828 bits per heavy atom. The SMILES string of the molecule is CC[C@H](C)COCCCCCCCCCCOc1cc(C(=O)O)cc(C(=O)O)c1. The summed E-state index contributed by atoms with van der Waals surface area (Å²) in [5.41, 5.74) is -0.157. The number of unbranched alkanes of at least 4 members (excludes halogenated alkanes) is 7. The minimum Gasteiger partial charge on any atom is -0.494 e. The largest absolute Gasteiger partial charge is 0.494 e. The van der Waals surface area contributed by atoms with E-state index < -0.39 is 11.9 Å². The number of carbonyl (C=O) groups is 2. The zero-order chi connectivity index (χ0) is 21.5. The van der Waals surface area contributed by atoms with E-state index in [2.05, 4.69) is 13.8 Å². The summed E-state index contributed by atoms with van der Waals surface area (Å²) in [4.78, 5) is 22.2. The number of hydrogen-bond donors (Lipinski definition) is 2. The predicted octanol–water partition coefficient (Wildman–Crippen LogP) is 5.65. The van der Waals surface area contributed by atoms with Gasteiger partial charge in [0.05, 0.1) is 17.7 Å². The first-order chi connectivity index (χ1) is 13.9. The van der Waals surface area contributed by atoms with Crippen LogP contribution < -0.4 is 4.74 Å². The lowest BCUT2D eigenvalue weighted by Gasteiger charge is -2.09. The van der Waals surface area contributed by atoms with Crippen LogP contribution in [0.2, 0.25) is 0 Å². The molecule has 0 saturated carbocycles. The zero-order valence-corrected chi connectivity index (χ0v) is 17.8. The van der Waals surface area contributed by atoms with Crippen molar-refractivity contribution in [2.45, 2.75) is 71.6 Å². The molecule has 29 heavy (non-hydrogen) atoms. The highest BCUT2D eigenvalue weighted by atomic mass is 16.5. The summed E-state index contributed by atoms with van der Waals surface area (Å²) in [5.74, 6) is -1.39. The summed E-state index contributed by atoms with van der Waals surface area (Å²) in [6.07, 6.45) is 10.2. The maximum Gasteiger partial charge on any atom is 0.335 e. The monoisotopic (exact) mass is 408 g/mol. The van der Waals surface area contributed by atoms with Gasteiger partial charge in [0.25, 0.3) is 0 Å². The first kappa shape index (κ1) is 25.0. The summed E-state index contributed by atoms with van der Waals surface area (Å²) in [6.45, 7) is 6.60. The number of benzene rings is 1. The number of aromatic carboxylic acids is 2. The van der Waals surface area contributed by atoms with Gasteiger partial charge >= 0.3 is 11.9 Å². The highest BCUT2D eigenvalue weighted by Crippen LogP contribution is 2.18. The van der Waals surface area contributed by atoms with Crippen LogP contribution in [0.25, 0.3) is 0 Å². The van der Waals surface area contributed by atoms with Crippen LogP contribution in [0.15, 0.2) is 18.2 Å². The van der Waals surface area contributed by atoms with Gasteiger partial charge < -0.3 is 19.7 Å². The summed E-state index contributed by atoms with van der Waals surface area (Å²) in [6, 6.07) is 3.86. The van der Waals surface area contributed by atoms with Crippen molar-refractivity contribution in [1.29, 1.82) is 0 Å². The van der Waals surface area contributed by atoms with Gasteiger partial charge in [0.2, 0.25) is 0 Å². The van der Waals surface area contributed by atoms with Crippen molar-refractivity contribution in [3.63, 3.8) is 0 Å². The van der Waals surface area contributed by atoms with E-state index in [0.29, 0.717) is 12.5 Å². The van der Waals surface area contributed by atoms with Crippen molar-refractivity contribution in [2.75, 3.05) is 19.8 Å². The number of carboxylic acid groups (broad SMARTS) is 2. The minimum absolute atomic E-state index is 0.0785. The molecule has 0 unspecified atom stereocenters. The molecule has 0 aliphatic carbocycles. The third-order valence-corrected chi connectivity index (χ3v) is 4.95. The lowest BCUT2D eigenvalue weighted by atomic mass is 10.1. The molecule has 0 amide bonds. The second-order valence-electron chi connectivity index (χ2n) is 7.62. The molecule has 0 bridgehead atoms. The van der Waals surface area contributed by atoms with Crippen LogP contribution in [-0.4, -0.2) is 42.0 Å². The maximum atomic E-state index is 11.1. The van der Waals surface area contributed by atoms with Gasteiger partial charge in [-0.15, -0.1) is 0 Å². The van der Waals surface area contributed by atoms with E-state index in [1.165, 1.54) is 44.2 Å². The van der Waals surface area contributed by atoms with Gasteiger partial charge in [-0.2, -0.15) is 0 Å². The van der Waals surface area contributed by atoms with E-state index in [1.54, 1.807) is 0 Å². The second-order valence-corrected chi connectivity index (χ2v) is 7.62. The molecule has 0 aliphatic heterocycles. The number of rotatable bonds is 17. The third kappa shape index (κ3) is 11.5. The van der Waals surface area contributed by atoms with Crippen molar-refractivity contribution in [2.24, 2.45) is 5.92 Å². The molecule has 1 aromatic carbocycles. The summed E-state index contributed by atoms with van der Waals surface area (Å²) >= 11 is 0. The Morgan fingerprint density at radius 2 is 1.31 bits per heavy atom. The average molecular weight is 409 g/mol. The zero-order valence-electron chi connectivity index (χ0n) is 17.8. The van der Waals surface area contributed by atoms with E-state index in [1.807, 2.05) is 0 Å². The molecule has 0 aliphatic rings. The van der Waals surface area contributed by atoms with Crippen LogP contribution in [0.3, 0.4) is 0 Å². The van der Waals surface area contributed by atoms with E-state index in [-0.39, 0.29) is 16.9 Å². The first-order valence-electron chi connectivity index (χ1n) is 10.8. The van der Waals surface area contributed by atoms with Gasteiger partial charge in [-0.1, -0.05) is 58.8 Å². The van der Waals surface area contributed by atoms with Gasteiger partial charge in [0, 0.05) is 13.2 Å². The molecule has 6 nitrogen and oxygen atoms in total. The molecule has 0 radical (unpaired) electrons. The smallest absolute Gasteiger partial charge is 0.335 e.